The zero-order valence-corrected chi connectivity index (χ0v) is 9.42. The van der Waals surface area contributed by atoms with E-state index < -0.39 is 0 Å². The number of carbonyl (C=O) groups is 1. The first-order valence-corrected chi connectivity index (χ1v) is 5.83. The van der Waals surface area contributed by atoms with Crippen molar-refractivity contribution in [3.05, 3.63) is 0 Å². The molecule has 0 saturated heterocycles. The highest BCUT2D eigenvalue weighted by molar-refractivity contribution is 5.69. The summed E-state index contributed by atoms with van der Waals surface area (Å²) in [6.45, 7) is 2.25. The van der Waals surface area contributed by atoms with Gasteiger partial charge >= 0.3 is 5.97 Å². The number of ether oxygens (including phenoxy) is 1. The molecule has 0 spiro atoms. The van der Waals surface area contributed by atoms with Gasteiger partial charge in [-0.3, -0.25) is 4.79 Å². The molecule has 0 aromatic carbocycles. The maximum absolute atomic E-state index is 11.1. The molecule has 0 N–H and O–H groups in total. The van der Waals surface area contributed by atoms with Crippen molar-refractivity contribution in [2.75, 3.05) is 7.11 Å². The number of carbonyl (C=O) groups excluding carboxylic acids is 1. The van der Waals surface area contributed by atoms with Gasteiger partial charge in [-0.15, -0.1) is 0 Å². The molecule has 1 saturated carbocycles. The Morgan fingerprint density at radius 2 is 1.79 bits per heavy atom. The van der Waals surface area contributed by atoms with E-state index in [2.05, 4.69) is 11.7 Å². The van der Waals surface area contributed by atoms with Crippen LogP contribution in [0.4, 0.5) is 0 Å². The molecule has 1 rings (SSSR count). The van der Waals surface area contributed by atoms with Gasteiger partial charge < -0.3 is 4.74 Å². The maximum atomic E-state index is 11.1. The summed E-state index contributed by atoms with van der Waals surface area (Å²) in [5.41, 5.74) is 0. The highest BCUT2D eigenvalue weighted by Crippen LogP contribution is 2.33. The summed E-state index contributed by atoms with van der Waals surface area (Å²) >= 11 is 0. The lowest BCUT2D eigenvalue weighted by atomic mass is 9.79. The summed E-state index contributed by atoms with van der Waals surface area (Å²) in [6.07, 6.45) is 8.37. The zero-order chi connectivity index (χ0) is 10.4. The summed E-state index contributed by atoms with van der Waals surface area (Å²) in [7, 11) is 1.48. The molecular weight excluding hydrogens is 176 g/mol. The third-order valence-electron chi connectivity index (χ3n) is 3.35. The Labute approximate surface area is 87.0 Å². The van der Waals surface area contributed by atoms with E-state index >= 15 is 0 Å². The third-order valence-corrected chi connectivity index (χ3v) is 3.35. The van der Waals surface area contributed by atoms with Crippen LogP contribution in [0, 0.1) is 11.8 Å². The number of methoxy groups -OCH3 is 1. The molecule has 2 heteroatoms. The Balaban J connectivity index is 2.18. The Morgan fingerprint density at radius 1 is 1.21 bits per heavy atom. The predicted octanol–water partition coefficient (Wildman–Crippen LogP) is 3.16. The van der Waals surface area contributed by atoms with Crippen molar-refractivity contribution in [3.63, 3.8) is 0 Å². The molecule has 2 nitrogen and oxygen atoms in total. The van der Waals surface area contributed by atoms with Gasteiger partial charge in [-0.1, -0.05) is 32.6 Å². The topological polar surface area (TPSA) is 26.3 Å². The minimum absolute atomic E-state index is 0.0380. The van der Waals surface area contributed by atoms with Crippen LogP contribution in [0.15, 0.2) is 0 Å². The predicted molar refractivity (Wildman–Crippen MR) is 57.0 cm³/mol. The van der Waals surface area contributed by atoms with Crippen LogP contribution in [-0.2, 0) is 9.53 Å². The minimum Gasteiger partial charge on any atom is -0.469 e. The molecule has 0 aromatic rings. The van der Waals surface area contributed by atoms with Crippen LogP contribution in [0.3, 0.4) is 0 Å². The van der Waals surface area contributed by atoms with Crippen LogP contribution < -0.4 is 0 Å². The molecule has 0 atom stereocenters. The minimum atomic E-state index is -0.0380. The van der Waals surface area contributed by atoms with E-state index in [4.69, 9.17) is 0 Å². The number of rotatable bonds is 4. The van der Waals surface area contributed by atoms with Crippen LogP contribution in [0.2, 0.25) is 0 Å². The van der Waals surface area contributed by atoms with Gasteiger partial charge in [-0.05, 0) is 24.7 Å². The van der Waals surface area contributed by atoms with Gasteiger partial charge in [0.05, 0.1) is 7.11 Å². The second-order valence-corrected chi connectivity index (χ2v) is 4.46. The molecule has 0 radical (unpaired) electrons. The smallest absolute Gasteiger partial charge is 0.305 e. The molecular formula is C12H22O2. The molecule has 0 heterocycles. The Morgan fingerprint density at radius 3 is 2.29 bits per heavy atom. The monoisotopic (exact) mass is 198 g/mol. The molecule has 1 fully saturated rings. The lowest BCUT2D eigenvalue weighted by Crippen LogP contribution is -2.17. The summed E-state index contributed by atoms with van der Waals surface area (Å²) < 4.78 is 4.69. The molecule has 82 valence electrons. The summed E-state index contributed by atoms with van der Waals surface area (Å²) in [5.74, 6) is 1.48. The first kappa shape index (κ1) is 11.5. The van der Waals surface area contributed by atoms with Crippen LogP contribution in [0.1, 0.15) is 51.9 Å². The summed E-state index contributed by atoms with van der Waals surface area (Å²) in [6, 6.07) is 0. The largest absolute Gasteiger partial charge is 0.469 e. The fourth-order valence-electron chi connectivity index (χ4n) is 2.45. The van der Waals surface area contributed by atoms with Gasteiger partial charge in [0.25, 0.3) is 0 Å². The molecule has 0 amide bonds. The molecule has 0 aliphatic heterocycles. The number of hydrogen-bond acceptors (Lipinski definition) is 2. The van der Waals surface area contributed by atoms with Crippen LogP contribution >= 0.6 is 0 Å². The van der Waals surface area contributed by atoms with Gasteiger partial charge in [-0.25, -0.2) is 0 Å². The SMILES string of the molecule is CCCC1CCC(CC(=O)OC)CC1. The zero-order valence-electron chi connectivity index (χ0n) is 9.42. The van der Waals surface area contributed by atoms with Crippen molar-refractivity contribution < 1.29 is 9.53 Å². The van der Waals surface area contributed by atoms with E-state index in [0.717, 1.165) is 5.92 Å². The van der Waals surface area contributed by atoms with E-state index in [0.29, 0.717) is 12.3 Å². The Kier molecular flexibility index (Phi) is 4.99. The van der Waals surface area contributed by atoms with Crippen molar-refractivity contribution in [1.29, 1.82) is 0 Å². The second-order valence-electron chi connectivity index (χ2n) is 4.46. The molecule has 14 heavy (non-hydrogen) atoms. The highest BCUT2D eigenvalue weighted by Gasteiger charge is 2.22. The molecule has 0 aromatic heterocycles. The third kappa shape index (κ3) is 3.69. The summed E-state index contributed by atoms with van der Waals surface area (Å²) in [4.78, 5) is 11.1. The normalized spacial score (nSPS) is 27.3. The maximum Gasteiger partial charge on any atom is 0.305 e. The van der Waals surface area contributed by atoms with Gasteiger partial charge in [0.1, 0.15) is 0 Å². The average molecular weight is 198 g/mol. The molecule has 1 aliphatic rings. The fourth-order valence-corrected chi connectivity index (χ4v) is 2.45. The highest BCUT2D eigenvalue weighted by atomic mass is 16.5. The van der Waals surface area contributed by atoms with E-state index in [1.165, 1.54) is 45.6 Å². The van der Waals surface area contributed by atoms with Crippen molar-refractivity contribution in [2.45, 2.75) is 51.9 Å². The first-order chi connectivity index (χ1) is 6.76. The van der Waals surface area contributed by atoms with E-state index in [1.54, 1.807) is 0 Å². The Bertz CT molecular complexity index is 169. The van der Waals surface area contributed by atoms with Crippen molar-refractivity contribution in [1.82, 2.24) is 0 Å². The summed E-state index contributed by atoms with van der Waals surface area (Å²) in [5, 5.41) is 0. The van der Waals surface area contributed by atoms with Crippen LogP contribution in [-0.4, -0.2) is 13.1 Å². The number of esters is 1. The lowest BCUT2D eigenvalue weighted by Gasteiger charge is -2.27. The van der Waals surface area contributed by atoms with Crippen molar-refractivity contribution >= 4 is 5.97 Å². The average Bonchev–Trinajstić information content (AvgIpc) is 2.21. The van der Waals surface area contributed by atoms with Gasteiger partial charge in [0.15, 0.2) is 0 Å². The Hall–Kier alpha value is -0.530. The van der Waals surface area contributed by atoms with Crippen LogP contribution in [0.5, 0.6) is 0 Å². The molecule has 0 bridgehead atoms. The van der Waals surface area contributed by atoms with Crippen molar-refractivity contribution in [2.24, 2.45) is 11.8 Å². The van der Waals surface area contributed by atoms with Gasteiger partial charge in [0.2, 0.25) is 0 Å². The standard InChI is InChI=1S/C12H22O2/c1-3-4-10-5-7-11(8-6-10)9-12(13)14-2/h10-11H,3-9H2,1-2H3. The molecule has 1 aliphatic carbocycles. The lowest BCUT2D eigenvalue weighted by molar-refractivity contribution is -0.142. The first-order valence-electron chi connectivity index (χ1n) is 5.83. The van der Waals surface area contributed by atoms with Gasteiger partial charge in [-0.2, -0.15) is 0 Å². The number of hydrogen-bond donors (Lipinski definition) is 0. The quantitative estimate of drug-likeness (QED) is 0.649. The second kappa shape index (κ2) is 6.05. The van der Waals surface area contributed by atoms with Gasteiger partial charge in [0, 0.05) is 6.42 Å². The van der Waals surface area contributed by atoms with E-state index in [-0.39, 0.29) is 5.97 Å². The van der Waals surface area contributed by atoms with Crippen molar-refractivity contribution in [3.8, 4) is 0 Å². The molecule has 0 unspecified atom stereocenters. The fraction of sp³-hybridized carbons (Fsp3) is 0.917. The van der Waals surface area contributed by atoms with Crippen LogP contribution in [0.25, 0.3) is 0 Å². The van der Waals surface area contributed by atoms with E-state index in [1.807, 2.05) is 0 Å². The van der Waals surface area contributed by atoms with E-state index in [9.17, 15) is 4.79 Å².